The number of hydrogen-bond donors (Lipinski definition) is 3. The average Bonchev–Trinajstić information content (AvgIpc) is 2.58. The van der Waals surface area contributed by atoms with E-state index in [1.807, 2.05) is 37.4 Å². The van der Waals surface area contributed by atoms with Gasteiger partial charge in [-0.05, 0) is 55.0 Å². The number of carbonyl (C=O) groups excluding carboxylic acids is 1. The van der Waals surface area contributed by atoms with Crippen LogP contribution in [0.2, 0.25) is 0 Å². The maximum atomic E-state index is 12.7. The number of aryl methyl sites for hydroxylation is 1. The van der Waals surface area contributed by atoms with Crippen molar-refractivity contribution in [1.29, 1.82) is 0 Å². The molecule has 1 unspecified atom stereocenters. The number of carbonyl (C=O) groups is 2. The summed E-state index contributed by atoms with van der Waals surface area (Å²) in [7, 11) is 0. The summed E-state index contributed by atoms with van der Waals surface area (Å²) in [6.07, 6.45) is 2.95. The lowest BCUT2D eigenvalue weighted by Gasteiger charge is -2.24. The molecule has 0 radical (unpaired) electrons. The fraction of sp³-hybridized carbons (Fsp3) is 0.444. The molecular weight excluding hydrogens is 324 g/mol. The summed E-state index contributed by atoms with van der Waals surface area (Å²) in [5, 5.41) is 15.3. The number of thioether (sulfide) groups is 1. The van der Waals surface area contributed by atoms with Gasteiger partial charge in [0, 0.05) is 12.1 Å². The number of carboxylic acids is 1. The Bertz CT molecular complexity index is 643. The van der Waals surface area contributed by atoms with Crippen LogP contribution in [0.4, 0.5) is 0 Å². The summed E-state index contributed by atoms with van der Waals surface area (Å²) in [6.45, 7) is 3.36. The molecule has 0 fully saturated rings. The Balaban J connectivity index is 2.26. The van der Waals surface area contributed by atoms with E-state index in [1.54, 1.807) is 11.8 Å². The molecule has 0 aromatic heterocycles. The zero-order valence-electron chi connectivity index (χ0n) is 14.1. The van der Waals surface area contributed by atoms with Crippen molar-refractivity contribution in [3.05, 3.63) is 41.0 Å². The predicted octanol–water partition coefficient (Wildman–Crippen LogP) is 2.06. The van der Waals surface area contributed by atoms with Crippen molar-refractivity contribution in [3.8, 4) is 0 Å². The van der Waals surface area contributed by atoms with Crippen molar-refractivity contribution >= 4 is 29.2 Å². The number of nitrogens with one attached hydrogen (secondary N) is 2. The Hall–Kier alpha value is -1.79. The lowest BCUT2D eigenvalue weighted by Crippen LogP contribution is -2.43. The second kappa shape index (κ2) is 8.89. The third kappa shape index (κ3) is 4.61. The molecule has 0 saturated heterocycles. The van der Waals surface area contributed by atoms with Gasteiger partial charge in [0.25, 0.3) is 0 Å². The van der Waals surface area contributed by atoms with Crippen LogP contribution in [0.3, 0.4) is 0 Å². The second-order valence-electron chi connectivity index (χ2n) is 5.84. The highest BCUT2D eigenvalue weighted by molar-refractivity contribution is 7.98. The van der Waals surface area contributed by atoms with Gasteiger partial charge in [-0.1, -0.05) is 24.3 Å². The molecule has 6 heteroatoms. The summed E-state index contributed by atoms with van der Waals surface area (Å²) in [4.78, 5) is 24.1. The second-order valence-corrected chi connectivity index (χ2v) is 6.83. The van der Waals surface area contributed by atoms with E-state index in [0.717, 1.165) is 23.2 Å². The highest BCUT2D eigenvalue weighted by Gasteiger charge is 2.25. The van der Waals surface area contributed by atoms with E-state index in [9.17, 15) is 14.7 Å². The molecule has 2 rings (SSSR count). The standard InChI is InChI=1S/C18H24N2O3S/c1-12-5-3-4-6-13(12)15-11-19-9-7-14(15)17(21)20-16(18(22)23)8-10-24-2/h3-6,16,19H,7-11H2,1-2H3,(H,20,21)(H,22,23). The number of hydrogen-bond acceptors (Lipinski definition) is 4. The van der Waals surface area contributed by atoms with Gasteiger partial charge in [-0.15, -0.1) is 0 Å². The van der Waals surface area contributed by atoms with Gasteiger partial charge in [0.15, 0.2) is 0 Å². The largest absolute Gasteiger partial charge is 0.480 e. The zero-order valence-corrected chi connectivity index (χ0v) is 14.9. The lowest BCUT2D eigenvalue weighted by atomic mass is 9.91. The highest BCUT2D eigenvalue weighted by atomic mass is 32.2. The van der Waals surface area contributed by atoms with Crippen LogP contribution in [0.1, 0.15) is 24.0 Å². The van der Waals surface area contributed by atoms with E-state index in [0.29, 0.717) is 30.7 Å². The third-order valence-electron chi connectivity index (χ3n) is 4.18. The molecule has 1 aliphatic rings. The Morgan fingerprint density at radius 1 is 1.38 bits per heavy atom. The minimum Gasteiger partial charge on any atom is -0.480 e. The van der Waals surface area contributed by atoms with Crippen LogP contribution >= 0.6 is 11.8 Å². The van der Waals surface area contributed by atoms with Crippen molar-refractivity contribution in [2.75, 3.05) is 25.1 Å². The number of aliphatic carboxylic acids is 1. The van der Waals surface area contributed by atoms with Gasteiger partial charge in [-0.2, -0.15) is 11.8 Å². The molecule has 0 aliphatic carbocycles. The molecule has 1 aromatic carbocycles. The molecule has 1 atom stereocenters. The summed E-state index contributed by atoms with van der Waals surface area (Å²) in [5.41, 5.74) is 3.81. The van der Waals surface area contributed by atoms with Crippen LogP contribution in [0, 0.1) is 6.92 Å². The van der Waals surface area contributed by atoms with Crippen molar-refractivity contribution < 1.29 is 14.7 Å². The van der Waals surface area contributed by atoms with E-state index < -0.39 is 12.0 Å². The van der Waals surface area contributed by atoms with Crippen LogP contribution < -0.4 is 10.6 Å². The van der Waals surface area contributed by atoms with E-state index in [-0.39, 0.29) is 5.91 Å². The van der Waals surface area contributed by atoms with Gasteiger partial charge in [0.1, 0.15) is 6.04 Å². The van der Waals surface area contributed by atoms with Gasteiger partial charge < -0.3 is 15.7 Å². The van der Waals surface area contributed by atoms with E-state index in [1.165, 1.54) is 0 Å². The fourth-order valence-corrected chi connectivity index (χ4v) is 3.31. The molecule has 130 valence electrons. The molecule has 0 saturated carbocycles. The Morgan fingerprint density at radius 3 is 2.79 bits per heavy atom. The molecule has 5 nitrogen and oxygen atoms in total. The van der Waals surface area contributed by atoms with Crippen LogP contribution in [0.25, 0.3) is 5.57 Å². The lowest BCUT2D eigenvalue weighted by molar-refractivity contribution is -0.141. The monoisotopic (exact) mass is 348 g/mol. The Morgan fingerprint density at radius 2 is 2.12 bits per heavy atom. The van der Waals surface area contributed by atoms with E-state index >= 15 is 0 Å². The summed E-state index contributed by atoms with van der Waals surface area (Å²) in [5.74, 6) is -0.546. The Kier molecular flexibility index (Phi) is 6.87. The molecule has 3 N–H and O–H groups in total. The van der Waals surface area contributed by atoms with Crippen molar-refractivity contribution in [2.24, 2.45) is 0 Å². The molecule has 1 aromatic rings. The maximum absolute atomic E-state index is 12.7. The number of rotatable bonds is 7. The minimum atomic E-state index is -0.982. The van der Waals surface area contributed by atoms with Crippen LogP contribution in [0.5, 0.6) is 0 Å². The first kappa shape index (κ1) is 18.5. The first-order chi connectivity index (χ1) is 11.5. The first-order valence-electron chi connectivity index (χ1n) is 8.06. The first-order valence-corrected chi connectivity index (χ1v) is 9.45. The van der Waals surface area contributed by atoms with Crippen molar-refractivity contribution in [3.63, 3.8) is 0 Å². The molecule has 0 spiro atoms. The normalized spacial score (nSPS) is 15.9. The SMILES string of the molecule is CSCCC(NC(=O)C1=C(c2ccccc2C)CNCC1)C(=O)O. The number of benzene rings is 1. The quantitative estimate of drug-likeness (QED) is 0.703. The van der Waals surface area contributed by atoms with Crippen LogP contribution in [0.15, 0.2) is 29.8 Å². The number of carboxylic acid groups (broad SMARTS) is 1. The smallest absolute Gasteiger partial charge is 0.326 e. The molecule has 1 aliphatic heterocycles. The zero-order chi connectivity index (χ0) is 17.5. The minimum absolute atomic E-state index is 0.261. The van der Waals surface area contributed by atoms with Gasteiger partial charge in [0.2, 0.25) is 5.91 Å². The summed E-state index contributed by atoms with van der Waals surface area (Å²) >= 11 is 1.57. The summed E-state index contributed by atoms with van der Waals surface area (Å²) in [6, 6.07) is 7.11. The molecule has 24 heavy (non-hydrogen) atoms. The van der Waals surface area contributed by atoms with Gasteiger partial charge in [0.05, 0.1) is 0 Å². The van der Waals surface area contributed by atoms with E-state index in [2.05, 4.69) is 10.6 Å². The van der Waals surface area contributed by atoms with Crippen molar-refractivity contribution in [2.45, 2.75) is 25.8 Å². The molecular formula is C18H24N2O3S. The maximum Gasteiger partial charge on any atom is 0.326 e. The van der Waals surface area contributed by atoms with Crippen LogP contribution in [-0.2, 0) is 9.59 Å². The van der Waals surface area contributed by atoms with Gasteiger partial charge in [-0.3, -0.25) is 4.79 Å². The highest BCUT2D eigenvalue weighted by Crippen LogP contribution is 2.26. The predicted molar refractivity (Wildman–Crippen MR) is 98.2 cm³/mol. The fourth-order valence-electron chi connectivity index (χ4n) is 2.84. The molecule has 1 heterocycles. The number of amides is 1. The molecule has 0 bridgehead atoms. The topological polar surface area (TPSA) is 78.4 Å². The van der Waals surface area contributed by atoms with E-state index in [4.69, 9.17) is 0 Å². The Labute approximate surface area is 146 Å². The van der Waals surface area contributed by atoms with Crippen molar-refractivity contribution in [1.82, 2.24) is 10.6 Å². The molecule has 1 amide bonds. The van der Waals surface area contributed by atoms with Crippen LogP contribution in [-0.4, -0.2) is 48.1 Å². The van der Waals surface area contributed by atoms with Gasteiger partial charge >= 0.3 is 5.97 Å². The third-order valence-corrected chi connectivity index (χ3v) is 4.82. The van der Waals surface area contributed by atoms with Gasteiger partial charge in [-0.25, -0.2) is 4.79 Å². The average molecular weight is 348 g/mol. The summed E-state index contributed by atoms with van der Waals surface area (Å²) < 4.78 is 0.